The minimum Gasteiger partial charge on any atom is -0.326 e. The summed E-state index contributed by atoms with van der Waals surface area (Å²) in [7, 11) is 0. The van der Waals surface area contributed by atoms with Crippen LogP contribution in [0.15, 0.2) is 53.4 Å². The minimum absolute atomic E-state index is 0.0180. The molecule has 0 aromatic heterocycles. The van der Waals surface area contributed by atoms with E-state index in [1.54, 1.807) is 12.1 Å². The lowest BCUT2D eigenvalue weighted by atomic mass is 10.0. The van der Waals surface area contributed by atoms with Crippen LogP contribution in [0.25, 0.3) is 0 Å². The van der Waals surface area contributed by atoms with Crippen LogP contribution in [-0.4, -0.2) is 6.04 Å². The molecule has 0 saturated heterocycles. The number of hydrogen-bond donors (Lipinski definition) is 1. The summed E-state index contributed by atoms with van der Waals surface area (Å²) in [5.41, 5.74) is 7.24. The fraction of sp³-hybridized carbons (Fsp3) is 0.250. The quantitative estimate of drug-likeness (QED) is 0.782. The van der Waals surface area contributed by atoms with Gasteiger partial charge < -0.3 is 5.73 Å². The van der Waals surface area contributed by atoms with Crippen molar-refractivity contribution < 1.29 is 4.39 Å². The van der Waals surface area contributed by atoms with Gasteiger partial charge in [-0.15, -0.1) is 11.8 Å². The lowest BCUT2D eigenvalue weighted by molar-refractivity contribution is 0.597. The maximum absolute atomic E-state index is 13.8. The molecule has 2 rings (SSSR count). The molecule has 0 radical (unpaired) electrons. The van der Waals surface area contributed by atoms with Gasteiger partial charge in [0.15, 0.2) is 0 Å². The SMILES string of the molecule is CCC(N)C(Sc1ccccc1F)c1cccc(Cl)c1. The highest BCUT2D eigenvalue weighted by Gasteiger charge is 2.21. The van der Waals surface area contributed by atoms with Crippen LogP contribution in [0.4, 0.5) is 4.39 Å². The first-order valence-electron chi connectivity index (χ1n) is 6.54. The van der Waals surface area contributed by atoms with E-state index in [0.29, 0.717) is 9.92 Å². The van der Waals surface area contributed by atoms with Crippen molar-refractivity contribution >= 4 is 23.4 Å². The molecule has 0 aliphatic heterocycles. The van der Waals surface area contributed by atoms with Gasteiger partial charge in [0, 0.05) is 21.2 Å². The molecule has 2 aromatic rings. The van der Waals surface area contributed by atoms with Crippen molar-refractivity contribution in [3.8, 4) is 0 Å². The van der Waals surface area contributed by atoms with Gasteiger partial charge in [0.05, 0.1) is 0 Å². The molecule has 1 nitrogen and oxygen atoms in total. The topological polar surface area (TPSA) is 26.0 Å². The molecular weight excluding hydrogens is 293 g/mol. The molecular formula is C16H17ClFNS. The van der Waals surface area contributed by atoms with E-state index in [1.165, 1.54) is 17.8 Å². The van der Waals surface area contributed by atoms with Gasteiger partial charge in [0.2, 0.25) is 0 Å². The maximum atomic E-state index is 13.8. The van der Waals surface area contributed by atoms with Crippen LogP contribution in [0.3, 0.4) is 0 Å². The zero-order valence-corrected chi connectivity index (χ0v) is 12.8. The summed E-state index contributed by atoms with van der Waals surface area (Å²) < 4.78 is 13.8. The summed E-state index contributed by atoms with van der Waals surface area (Å²) in [5.74, 6) is -0.215. The normalized spacial score (nSPS) is 14.0. The van der Waals surface area contributed by atoms with Gasteiger partial charge in [-0.2, -0.15) is 0 Å². The Kier molecular flexibility index (Phi) is 5.46. The van der Waals surface area contributed by atoms with Crippen LogP contribution >= 0.6 is 23.4 Å². The van der Waals surface area contributed by atoms with Crippen LogP contribution in [-0.2, 0) is 0 Å². The average Bonchev–Trinajstić information content (AvgIpc) is 2.45. The third kappa shape index (κ3) is 3.75. The molecule has 0 heterocycles. The first-order valence-corrected chi connectivity index (χ1v) is 7.79. The van der Waals surface area contributed by atoms with Crippen LogP contribution in [0.5, 0.6) is 0 Å². The lowest BCUT2D eigenvalue weighted by Crippen LogP contribution is -2.25. The number of benzene rings is 2. The van der Waals surface area contributed by atoms with E-state index in [1.807, 2.05) is 37.3 Å². The van der Waals surface area contributed by atoms with E-state index in [2.05, 4.69) is 0 Å². The van der Waals surface area contributed by atoms with E-state index in [9.17, 15) is 4.39 Å². The third-order valence-corrected chi connectivity index (χ3v) is 4.82. The molecule has 0 spiro atoms. The van der Waals surface area contributed by atoms with Crippen LogP contribution in [0.1, 0.15) is 24.2 Å². The first-order chi connectivity index (χ1) is 9.61. The van der Waals surface area contributed by atoms with Crippen LogP contribution < -0.4 is 5.73 Å². The molecule has 0 aliphatic rings. The Bertz CT molecular complexity index is 576. The number of rotatable bonds is 5. The van der Waals surface area contributed by atoms with E-state index in [4.69, 9.17) is 17.3 Å². The van der Waals surface area contributed by atoms with Crippen molar-refractivity contribution in [1.82, 2.24) is 0 Å². The Labute approximate surface area is 128 Å². The Morgan fingerprint density at radius 1 is 1.20 bits per heavy atom. The second-order valence-corrected chi connectivity index (χ2v) is 6.22. The van der Waals surface area contributed by atoms with E-state index < -0.39 is 0 Å². The van der Waals surface area contributed by atoms with Crippen molar-refractivity contribution in [1.29, 1.82) is 0 Å². The summed E-state index contributed by atoms with van der Waals surface area (Å²) >= 11 is 7.50. The third-order valence-electron chi connectivity index (χ3n) is 3.13. The maximum Gasteiger partial charge on any atom is 0.136 e. The zero-order chi connectivity index (χ0) is 14.5. The fourth-order valence-electron chi connectivity index (χ4n) is 1.98. The van der Waals surface area contributed by atoms with E-state index >= 15 is 0 Å². The van der Waals surface area contributed by atoms with Crippen LogP contribution in [0.2, 0.25) is 5.02 Å². The highest BCUT2D eigenvalue weighted by Crippen LogP contribution is 2.39. The molecule has 0 bridgehead atoms. The first kappa shape index (κ1) is 15.4. The minimum atomic E-state index is -0.215. The number of halogens is 2. The summed E-state index contributed by atoms with van der Waals surface area (Å²) in [5, 5.41) is 0.653. The molecule has 2 N–H and O–H groups in total. The summed E-state index contributed by atoms with van der Waals surface area (Å²) in [6.07, 6.45) is 0.818. The molecule has 2 aromatic carbocycles. The molecule has 20 heavy (non-hydrogen) atoms. The smallest absolute Gasteiger partial charge is 0.136 e. The summed E-state index contributed by atoms with van der Waals surface area (Å²) in [4.78, 5) is 0.612. The van der Waals surface area contributed by atoms with Gasteiger partial charge in [-0.3, -0.25) is 0 Å². The van der Waals surface area contributed by atoms with E-state index in [-0.39, 0.29) is 17.1 Å². The number of nitrogens with two attached hydrogens (primary N) is 1. The molecule has 4 heteroatoms. The van der Waals surface area contributed by atoms with Gasteiger partial charge in [-0.1, -0.05) is 42.8 Å². The summed E-state index contributed by atoms with van der Waals surface area (Å²) in [6.45, 7) is 2.03. The Morgan fingerprint density at radius 3 is 2.60 bits per heavy atom. The van der Waals surface area contributed by atoms with Crippen molar-refractivity contribution in [2.45, 2.75) is 29.5 Å². The van der Waals surface area contributed by atoms with Gasteiger partial charge in [-0.25, -0.2) is 4.39 Å². The lowest BCUT2D eigenvalue weighted by Gasteiger charge is -2.23. The largest absolute Gasteiger partial charge is 0.326 e. The predicted molar refractivity (Wildman–Crippen MR) is 84.7 cm³/mol. The van der Waals surface area contributed by atoms with Crippen molar-refractivity contribution in [3.63, 3.8) is 0 Å². The Balaban J connectivity index is 2.31. The highest BCUT2D eigenvalue weighted by atomic mass is 35.5. The molecule has 2 unspecified atom stereocenters. The number of hydrogen-bond acceptors (Lipinski definition) is 2. The van der Waals surface area contributed by atoms with Crippen molar-refractivity contribution in [2.24, 2.45) is 5.73 Å². The molecule has 0 amide bonds. The van der Waals surface area contributed by atoms with E-state index in [0.717, 1.165) is 12.0 Å². The number of thioether (sulfide) groups is 1. The van der Waals surface area contributed by atoms with Gasteiger partial charge in [0.1, 0.15) is 5.82 Å². The molecule has 0 saturated carbocycles. The van der Waals surface area contributed by atoms with Gasteiger partial charge in [-0.05, 0) is 36.2 Å². The Morgan fingerprint density at radius 2 is 1.95 bits per heavy atom. The standard InChI is InChI=1S/C16H17ClFNS/c1-2-14(19)16(11-6-5-7-12(17)10-11)20-15-9-4-3-8-13(15)18/h3-10,14,16H,2,19H2,1H3. The molecule has 0 fully saturated rings. The fourth-order valence-corrected chi connectivity index (χ4v) is 3.44. The van der Waals surface area contributed by atoms with Crippen molar-refractivity contribution in [2.75, 3.05) is 0 Å². The molecule has 2 atom stereocenters. The Hall–Kier alpha value is -1.03. The summed E-state index contributed by atoms with van der Waals surface area (Å²) in [6, 6.07) is 14.3. The monoisotopic (exact) mass is 309 g/mol. The average molecular weight is 310 g/mol. The second kappa shape index (κ2) is 7.11. The predicted octanol–water partition coefficient (Wildman–Crippen LogP) is 5.05. The second-order valence-electron chi connectivity index (χ2n) is 4.60. The van der Waals surface area contributed by atoms with Crippen molar-refractivity contribution in [3.05, 3.63) is 64.9 Å². The molecule has 106 valence electrons. The zero-order valence-electron chi connectivity index (χ0n) is 11.2. The van der Waals surface area contributed by atoms with Crippen LogP contribution in [0, 0.1) is 5.82 Å². The van der Waals surface area contributed by atoms with Gasteiger partial charge >= 0.3 is 0 Å². The van der Waals surface area contributed by atoms with Gasteiger partial charge in [0.25, 0.3) is 0 Å². The molecule has 0 aliphatic carbocycles. The highest BCUT2D eigenvalue weighted by molar-refractivity contribution is 7.99.